The maximum absolute atomic E-state index is 12.4. The second kappa shape index (κ2) is 7.69. The number of para-hydroxylation sites is 2. The Bertz CT molecular complexity index is 806. The molecular weight excluding hydrogens is 324 g/mol. The van der Waals surface area contributed by atoms with Gasteiger partial charge in [0.05, 0.1) is 17.2 Å². The minimum atomic E-state index is -1.15. The Morgan fingerprint density at radius 2 is 1.68 bits per heavy atom. The molecule has 2 amide bonds. The first-order chi connectivity index (χ1) is 11.8. The Kier molecular flexibility index (Phi) is 5.63. The summed E-state index contributed by atoms with van der Waals surface area (Å²) in [6.07, 6.45) is 1.34. The van der Waals surface area contributed by atoms with Crippen LogP contribution >= 0.6 is 0 Å². The van der Waals surface area contributed by atoms with Crippen molar-refractivity contribution in [3.8, 4) is 0 Å². The molecule has 0 fully saturated rings. The van der Waals surface area contributed by atoms with Crippen molar-refractivity contribution >= 4 is 28.8 Å². The van der Waals surface area contributed by atoms with Crippen molar-refractivity contribution < 1.29 is 19.5 Å². The number of carbonyl (C=O) groups excluding carboxylic acids is 2. The minimum Gasteiger partial charge on any atom is -0.480 e. The lowest BCUT2D eigenvalue weighted by atomic mass is 10.0. The number of hydrogen-bond donors (Lipinski definition) is 3. The van der Waals surface area contributed by atoms with Crippen LogP contribution < -0.4 is 10.6 Å². The number of aromatic nitrogens is 2. The van der Waals surface area contributed by atoms with Gasteiger partial charge in [-0.25, -0.2) is 4.98 Å². The van der Waals surface area contributed by atoms with Gasteiger partial charge in [0.1, 0.15) is 17.8 Å². The third-order valence-electron chi connectivity index (χ3n) is 3.65. The van der Waals surface area contributed by atoms with Crippen molar-refractivity contribution in [2.24, 2.45) is 5.92 Å². The number of benzene rings is 1. The lowest BCUT2D eigenvalue weighted by Crippen LogP contribution is -2.53. The largest absolute Gasteiger partial charge is 0.480 e. The van der Waals surface area contributed by atoms with E-state index >= 15 is 0 Å². The molecule has 0 saturated heterocycles. The van der Waals surface area contributed by atoms with Crippen LogP contribution in [0.2, 0.25) is 0 Å². The van der Waals surface area contributed by atoms with E-state index in [1.165, 1.54) is 13.1 Å². The van der Waals surface area contributed by atoms with Gasteiger partial charge >= 0.3 is 5.97 Å². The summed E-state index contributed by atoms with van der Waals surface area (Å²) in [5.74, 6) is -2.50. The lowest BCUT2D eigenvalue weighted by Gasteiger charge is -2.22. The van der Waals surface area contributed by atoms with Crippen LogP contribution in [0, 0.1) is 5.92 Å². The van der Waals surface area contributed by atoms with E-state index in [0.29, 0.717) is 11.0 Å². The second-order valence-corrected chi connectivity index (χ2v) is 6.01. The molecule has 132 valence electrons. The summed E-state index contributed by atoms with van der Waals surface area (Å²) in [5.41, 5.74) is 1.32. The summed E-state index contributed by atoms with van der Waals surface area (Å²) in [6, 6.07) is 5.19. The molecule has 2 atom stereocenters. The molecule has 1 aromatic carbocycles. The molecule has 3 N–H and O–H groups in total. The van der Waals surface area contributed by atoms with Gasteiger partial charge in [-0.05, 0) is 25.0 Å². The molecule has 2 unspecified atom stereocenters. The van der Waals surface area contributed by atoms with E-state index in [-0.39, 0.29) is 11.6 Å². The van der Waals surface area contributed by atoms with Crippen LogP contribution in [0.4, 0.5) is 0 Å². The van der Waals surface area contributed by atoms with Crippen molar-refractivity contribution in [3.63, 3.8) is 0 Å². The van der Waals surface area contributed by atoms with Gasteiger partial charge in [0.2, 0.25) is 5.91 Å². The maximum atomic E-state index is 12.4. The fourth-order valence-corrected chi connectivity index (χ4v) is 2.18. The van der Waals surface area contributed by atoms with Crippen molar-refractivity contribution in [2.45, 2.75) is 32.9 Å². The highest BCUT2D eigenvalue weighted by atomic mass is 16.4. The first-order valence-corrected chi connectivity index (χ1v) is 7.85. The van der Waals surface area contributed by atoms with Crippen molar-refractivity contribution in [1.29, 1.82) is 0 Å². The van der Waals surface area contributed by atoms with Crippen molar-refractivity contribution in [2.75, 3.05) is 0 Å². The quantitative estimate of drug-likeness (QED) is 0.718. The van der Waals surface area contributed by atoms with Crippen LogP contribution in [-0.2, 0) is 9.59 Å². The Balaban J connectivity index is 2.15. The third kappa shape index (κ3) is 4.50. The number of fused-ring (bicyclic) bond motifs is 1. The van der Waals surface area contributed by atoms with Crippen LogP contribution in [0.5, 0.6) is 0 Å². The number of rotatable bonds is 6. The number of carboxylic acid groups (broad SMARTS) is 1. The molecule has 0 spiro atoms. The highest BCUT2D eigenvalue weighted by Crippen LogP contribution is 2.09. The third-order valence-corrected chi connectivity index (χ3v) is 3.65. The van der Waals surface area contributed by atoms with Crippen molar-refractivity contribution in [1.82, 2.24) is 20.6 Å². The van der Waals surface area contributed by atoms with Gasteiger partial charge in [0, 0.05) is 0 Å². The highest BCUT2D eigenvalue weighted by Gasteiger charge is 2.27. The zero-order valence-corrected chi connectivity index (χ0v) is 14.2. The topological polar surface area (TPSA) is 121 Å². The summed E-state index contributed by atoms with van der Waals surface area (Å²) in [5, 5.41) is 13.8. The standard InChI is InChI=1S/C17H20N4O4/c1-9(2)14(16(23)19-10(3)17(24)25)21-15(22)13-8-18-11-6-4-5-7-12(11)20-13/h4-10,14H,1-3H3,(H,19,23)(H,21,22)(H,24,25). The molecule has 0 saturated carbocycles. The van der Waals surface area contributed by atoms with Gasteiger partial charge in [-0.1, -0.05) is 26.0 Å². The van der Waals surface area contributed by atoms with Crippen LogP contribution in [-0.4, -0.2) is 44.9 Å². The molecule has 8 nitrogen and oxygen atoms in total. The van der Waals surface area contributed by atoms with Gasteiger partial charge in [-0.3, -0.25) is 19.4 Å². The number of nitrogens with one attached hydrogen (secondary N) is 2. The number of carbonyl (C=O) groups is 3. The van der Waals surface area contributed by atoms with E-state index in [9.17, 15) is 14.4 Å². The molecule has 0 radical (unpaired) electrons. The normalized spacial score (nSPS) is 13.3. The molecule has 8 heteroatoms. The molecule has 0 bridgehead atoms. The molecule has 0 aliphatic rings. The van der Waals surface area contributed by atoms with E-state index < -0.39 is 29.9 Å². The van der Waals surface area contributed by atoms with E-state index in [4.69, 9.17) is 5.11 Å². The first-order valence-electron chi connectivity index (χ1n) is 7.85. The molecular formula is C17H20N4O4. The van der Waals surface area contributed by atoms with Crippen LogP contribution in [0.1, 0.15) is 31.3 Å². The van der Waals surface area contributed by atoms with Crippen LogP contribution in [0.3, 0.4) is 0 Å². The number of amides is 2. The monoisotopic (exact) mass is 344 g/mol. The number of hydrogen-bond acceptors (Lipinski definition) is 5. The number of carboxylic acids is 1. The van der Waals surface area contributed by atoms with E-state index in [1.807, 2.05) is 6.07 Å². The average molecular weight is 344 g/mol. The van der Waals surface area contributed by atoms with Gasteiger partial charge in [-0.15, -0.1) is 0 Å². The Labute approximate surface area is 144 Å². The van der Waals surface area contributed by atoms with Gasteiger partial charge < -0.3 is 15.7 Å². The van der Waals surface area contributed by atoms with Crippen LogP contribution in [0.25, 0.3) is 11.0 Å². The lowest BCUT2D eigenvalue weighted by molar-refractivity contribution is -0.141. The molecule has 0 aliphatic heterocycles. The highest BCUT2D eigenvalue weighted by molar-refractivity contribution is 5.97. The van der Waals surface area contributed by atoms with E-state index in [2.05, 4.69) is 20.6 Å². The average Bonchev–Trinajstić information content (AvgIpc) is 2.58. The molecule has 2 aromatic rings. The Morgan fingerprint density at radius 1 is 1.04 bits per heavy atom. The van der Waals surface area contributed by atoms with Crippen LogP contribution in [0.15, 0.2) is 30.5 Å². The Morgan fingerprint density at radius 3 is 2.28 bits per heavy atom. The second-order valence-electron chi connectivity index (χ2n) is 6.01. The zero-order chi connectivity index (χ0) is 18.6. The summed E-state index contributed by atoms with van der Waals surface area (Å²) < 4.78 is 0. The number of nitrogens with zero attached hydrogens (tertiary/aromatic N) is 2. The van der Waals surface area contributed by atoms with E-state index in [0.717, 1.165) is 0 Å². The Hall–Kier alpha value is -3.03. The fourth-order valence-electron chi connectivity index (χ4n) is 2.18. The van der Waals surface area contributed by atoms with Gasteiger partial charge in [-0.2, -0.15) is 0 Å². The minimum absolute atomic E-state index is 0.0865. The molecule has 25 heavy (non-hydrogen) atoms. The molecule has 0 aliphatic carbocycles. The summed E-state index contributed by atoms with van der Waals surface area (Å²) in [6.45, 7) is 4.86. The van der Waals surface area contributed by atoms with Gasteiger partial charge in [0.15, 0.2) is 0 Å². The zero-order valence-electron chi connectivity index (χ0n) is 14.2. The molecule has 2 rings (SSSR count). The van der Waals surface area contributed by atoms with E-state index in [1.54, 1.807) is 32.0 Å². The first kappa shape index (κ1) is 18.3. The fraction of sp³-hybridized carbons (Fsp3) is 0.353. The number of aliphatic carboxylic acids is 1. The smallest absolute Gasteiger partial charge is 0.325 e. The SMILES string of the molecule is CC(NC(=O)C(NC(=O)c1cnc2ccccc2n1)C(C)C)C(=O)O. The predicted molar refractivity (Wildman–Crippen MR) is 90.9 cm³/mol. The summed E-state index contributed by atoms with van der Waals surface area (Å²) in [7, 11) is 0. The van der Waals surface area contributed by atoms with Crippen molar-refractivity contribution in [3.05, 3.63) is 36.2 Å². The molecule has 1 aromatic heterocycles. The predicted octanol–water partition coefficient (Wildman–Crippen LogP) is 0.973. The summed E-state index contributed by atoms with van der Waals surface area (Å²) in [4.78, 5) is 44.0. The van der Waals surface area contributed by atoms with Gasteiger partial charge in [0.25, 0.3) is 5.91 Å². The molecule has 1 heterocycles. The maximum Gasteiger partial charge on any atom is 0.325 e. The summed E-state index contributed by atoms with van der Waals surface area (Å²) >= 11 is 0.